The van der Waals surface area contributed by atoms with Gasteiger partial charge in [-0.05, 0) is 6.07 Å². The molecule has 2 rings (SSSR count). The number of sulfonamides is 1. The quantitative estimate of drug-likeness (QED) is 0.704. The van der Waals surface area contributed by atoms with E-state index in [2.05, 4.69) is 15.1 Å². The van der Waals surface area contributed by atoms with Crippen LogP contribution in [0.5, 0.6) is 0 Å². The predicted molar refractivity (Wildman–Crippen MR) is 86.5 cm³/mol. The van der Waals surface area contributed by atoms with Crippen molar-refractivity contribution >= 4 is 26.7 Å². The molecule has 0 fully saturated rings. The molecule has 2 aromatic rings. The van der Waals surface area contributed by atoms with Crippen LogP contribution in [0.2, 0.25) is 0 Å². The lowest BCUT2D eigenvalue weighted by atomic mass is 10.2. The number of carbonyl (C=O) groups excluding carboxylic acids is 1. The molecule has 2 N–H and O–H groups in total. The Morgan fingerprint density at radius 2 is 2.00 bits per heavy atom. The minimum absolute atomic E-state index is 0.0348. The van der Waals surface area contributed by atoms with Crippen molar-refractivity contribution in [1.82, 2.24) is 19.8 Å². The maximum Gasteiger partial charge on any atom is 0.274 e. The Bertz CT molecular complexity index is 860. The zero-order valence-electron chi connectivity index (χ0n) is 12.7. The minimum Gasteiger partial charge on any atom is -0.354 e. The van der Waals surface area contributed by atoms with Crippen molar-refractivity contribution in [3.8, 4) is 0 Å². The van der Waals surface area contributed by atoms with Gasteiger partial charge in [0.25, 0.3) is 5.56 Å². The number of amides is 1. The summed E-state index contributed by atoms with van der Waals surface area (Å²) in [4.78, 5) is 23.8. The second-order valence-electron chi connectivity index (χ2n) is 5.03. The maximum atomic E-state index is 12.2. The summed E-state index contributed by atoms with van der Waals surface area (Å²) in [5.74, 6) is -0.296. The number of rotatable bonds is 7. The first-order chi connectivity index (χ1) is 10.9. The van der Waals surface area contributed by atoms with Crippen LogP contribution >= 0.6 is 0 Å². The second kappa shape index (κ2) is 7.34. The average Bonchev–Trinajstić information content (AvgIpc) is 2.48. The van der Waals surface area contributed by atoms with Gasteiger partial charge in [-0.2, -0.15) is 5.10 Å². The average molecular weight is 338 g/mol. The highest BCUT2D eigenvalue weighted by molar-refractivity contribution is 7.88. The number of hydrogen-bond acceptors (Lipinski definition) is 5. The Morgan fingerprint density at radius 1 is 1.26 bits per heavy atom. The maximum absolute atomic E-state index is 12.2. The van der Waals surface area contributed by atoms with Crippen molar-refractivity contribution in [2.45, 2.75) is 13.0 Å². The fraction of sp³-hybridized carbons (Fsp3) is 0.357. The van der Waals surface area contributed by atoms with Crippen LogP contribution < -0.4 is 15.6 Å². The summed E-state index contributed by atoms with van der Waals surface area (Å²) in [6.45, 7) is 0.525. The van der Waals surface area contributed by atoms with Crippen LogP contribution in [0.15, 0.2) is 35.3 Å². The highest BCUT2D eigenvalue weighted by Gasteiger charge is 2.06. The van der Waals surface area contributed by atoms with Crippen LogP contribution in [0.25, 0.3) is 10.8 Å². The number of nitrogens with zero attached hydrogens (tertiary/aromatic N) is 2. The van der Waals surface area contributed by atoms with E-state index in [9.17, 15) is 18.0 Å². The topological polar surface area (TPSA) is 110 Å². The summed E-state index contributed by atoms with van der Waals surface area (Å²) in [5, 5.41) is 8.02. The molecule has 0 spiro atoms. The van der Waals surface area contributed by atoms with Gasteiger partial charge in [0.05, 0.1) is 24.4 Å². The first-order valence-corrected chi connectivity index (χ1v) is 8.92. The van der Waals surface area contributed by atoms with Gasteiger partial charge in [0.1, 0.15) is 0 Å². The van der Waals surface area contributed by atoms with Crippen LogP contribution in [0.4, 0.5) is 0 Å². The Kier molecular flexibility index (Phi) is 5.45. The second-order valence-corrected chi connectivity index (χ2v) is 6.86. The third kappa shape index (κ3) is 5.15. The van der Waals surface area contributed by atoms with Crippen molar-refractivity contribution in [3.63, 3.8) is 0 Å². The summed E-state index contributed by atoms with van der Waals surface area (Å²) in [5.41, 5.74) is -0.212. The molecule has 1 aromatic heterocycles. The molecule has 0 atom stereocenters. The Balaban J connectivity index is 1.86. The molecule has 9 heteroatoms. The van der Waals surface area contributed by atoms with E-state index in [4.69, 9.17) is 0 Å². The molecule has 0 saturated carbocycles. The number of hydrogen-bond donors (Lipinski definition) is 2. The normalized spacial score (nSPS) is 11.5. The number of nitrogens with one attached hydrogen (secondary N) is 2. The highest BCUT2D eigenvalue weighted by Crippen LogP contribution is 2.05. The van der Waals surface area contributed by atoms with Crippen LogP contribution in [-0.2, 0) is 21.4 Å². The molecular formula is C14H18N4O4S. The number of aromatic nitrogens is 2. The van der Waals surface area contributed by atoms with E-state index in [1.165, 1.54) is 4.68 Å². The van der Waals surface area contributed by atoms with Gasteiger partial charge >= 0.3 is 0 Å². The van der Waals surface area contributed by atoms with Crippen molar-refractivity contribution in [1.29, 1.82) is 0 Å². The van der Waals surface area contributed by atoms with E-state index in [1.807, 2.05) is 12.1 Å². The summed E-state index contributed by atoms with van der Waals surface area (Å²) in [6.07, 6.45) is 2.67. The molecule has 0 unspecified atom stereocenters. The molecule has 0 radical (unpaired) electrons. The van der Waals surface area contributed by atoms with Gasteiger partial charge in [-0.15, -0.1) is 0 Å². The summed E-state index contributed by atoms with van der Waals surface area (Å²) >= 11 is 0. The molecule has 0 aliphatic carbocycles. The lowest BCUT2D eigenvalue weighted by molar-refractivity contribution is -0.120. The molecule has 124 valence electrons. The minimum atomic E-state index is -3.30. The van der Waals surface area contributed by atoms with E-state index in [1.54, 1.807) is 18.3 Å². The number of carbonyl (C=O) groups is 1. The van der Waals surface area contributed by atoms with Gasteiger partial charge in [0.2, 0.25) is 15.9 Å². The van der Waals surface area contributed by atoms with E-state index in [-0.39, 0.29) is 37.5 Å². The fourth-order valence-corrected chi connectivity index (χ4v) is 2.50. The van der Waals surface area contributed by atoms with Gasteiger partial charge in [0, 0.05) is 24.9 Å². The van der Waals surface area contributed by atoms with Crippen LogP contribution in [0.3, 0.4) is 0 Å². The van der Waals surface area contributed by atoms with Gasteiger partial charge in [-0.25, -0.2) is 17.8 Å². The van der Waals surface area contributed by atoms with Gasteiger partial charge < -0.3 is 5.32 Å². The zero-order chi connectivity index (χ0) is 16.9. The summed E-state index contributed by atoms with van der Waals surface area (Å²) in [7, 11) is -3.30. The zero-order valence-corrected chi connectivity index (χ0v) is 13.5. The van der Waals surface area contributed by atoms with Crippen molar-refractivity contribution in [2.24, 2.45) is 0 Å². The van der Waals surface area contributed by atoms with Gasteiger partial charge in [-0.3, -0.25) is 9.59 Å². The highest BCUT2D eigenvalue weighted by atomic mass is 32.2. The van der Waals surface area contributed by atoms with E-state index >= 15 is 0 Å². The lowest BCUT2D eigenvalue weighted by Crippen LogP contribution is -2.34. The smallest absolute Gasteiger partial charge is 0.274 e. The molecule has 0 aliphatic heterocycles. The first kappa shape index (κ1) is 17.1. The van der Waals surface area contributed by atoms with E-state index in [0.717, 1.165) is 11.6 Å². The standard InChI is InChI=1S/C14H18N4O4S/c1-23(21,22)17-7-6-13(19)15-8-9-18-14(20)12-5-3-2-4-11(12)10-16-18/h2-5,10,17H,6-9H2,1H3,(H,15,19). The van der Waals surface area contributed by atoms with Gasteiger partial charge in [0.15, 0.2) is 0 Å². The third-order valence-corrected chi connectivity index (χ3v) is 3.85. The molecular weight excluding hydrogens is 320 g/mol. The first-order valence-electron chi connectivity index (χ1n) is 7.03. The monoisotopic (exact) mass is 338 g/mol. The molecule has 1 amide bonds. The van der Waals surface area contributed by atoms with E-state index < -0.39 is 10.0 Å². The Hall–Kier alpha value is -2.26. The fourth-order valence-electron chi connectivity index (χ4n) is 2.03. The third-order valence-electron chi connectivity index (χ3n) is 3.12. The number of fused-ring (bicyclic) bond motifs is 1. The Morgan fingerprint density at radius 3 is 2.74 bits per heavy atom. The SMILES string of the molecule is CS(=O)(=O)NCCC(=O)NCCn1ncc2ccccc2c1=O. The van der Waals surface area contributed by atoms with Gasteiger partial charge in [-0.1, -0.05) is 18.2 Å². The Labute approximate surface area is 133 Å². The van der Waals surface area contributed by atoms with Crippen LogP contribution in [0.1, 0.15) is 6.42 Å². The largest absolute Gasteiger partial charge is 0.354 e. The van der Waals surface area contributed by atoms with Crippen LogP contribution in [0, 0.1) is 0 Å². The number of benzene rings is 1. The molecule has 0 aliphatic rings. The van der Waals surface area contributed by atoms with Crippen molar-refractivity contribution in [3.05, 3.63) is 40.8 Å². The van der Waals surface area contributed by atoms with E-state index in [0.29, 0.717) is 5.39 Å². The molecule has 0 saturated heterocycles. The molecule has 1 heterocycles. The van der Waals surface area contributed by atoms with Crippen molar-refractivity contribution in [2.75, 3.05) is 19.3 Å². The molecule has 23 heavy (non-hydrogen) atoms. The summed E-state index contributed by atoms with van der Waals surface area (Å²) in [6, 6.07) is 7.15. The predicted octanol–water partition coefficient (Wildman–Crippen LogP) is -0.548. The molecule has 0 bridgehead atoms. The molecule has 1 aromatic carbocycles. The summed E-state index contributed by atoms with van der Waals surface area (Å²) < 4.78 is 25.3. The molecule has 8 nitrogen and oxygen atoms in total. The van der Waals surface area contributed by atoms with Crippen molar-refractivity contribution < 1.29 is 13.2 Å². The van der Waals surface area contributed by atoms with Crippen LogP contribution in [-0.4, -0.2) is 43.5 Å². The lowest BCUT2D eigenvalue weighted by Gasteiger charge is -2.08.